The molecule has 35 heavy (non-hydrogen) atoms. The molecular weight excluding hydrogens is 482 g/mol. The lowest BCUT2D eigenvalue weighted by Crippen LogP contribution is -2.57. The van der Waals surface area contributed by atoms with Gasteiger partial charge in [-0.2, -0.15) is 11.8 Å². The van der Waals surface area contributed by atoms with Crippen molar-refractivity contribution in [3.05, 3.63) is 0 Å². The monoisotopic (exact) mass is 519 g/mol. The first kappa shape index (κ1) is 32.1. The SMILES string of the molecule is CSCCC(NC(=O)C(CC(C)C)NC(=O)C(CCC(N)=O)NC(=O)C(N)CCC(=O)O)C(=O)O. The second-order valence-electron chi connectivity index (χ2n) is 8.48. The van der Waals surface area contributed by atoms with Gasteiger partial charge >= 0.3 is 11.9 Å². The first-order valence-corrected chi connectivity index (χ1v) is 12.6. The molecule has 4 atom stereocenters. The smallest absolute Gasteiger partial charge is 0.326 e. The van der Waals surface area contributed by atoms with Crippen LogP contribution in [0.4, 0.5) is 0 Å². The van der Waals surface area contributed by atoms with Gasteiger partial charge in [-0.05, 0) is 43.6 Å². The Hall–Kier alpha value is -2.87. The molecule has 0 saturated carbocycles. The maximum absolute atomic E-state index is 13.0. The van der Waals surface area contributed by atoms with Crippen LogP contribution in [0.15, 0.2) is 0 Å². The average Bonchev–Trinajstić information content (AvgIpc) is 2.75. The lowest BCUT2D eigenvalue weighted by molar-refractivity contribution is -0.142. The molecule has 0 aliphatic heterocycles. The molecule has 0 aromatic heterocycles. The van der Waals surface area contributed by atoms with Crippen LogP contribution >= 0.6 is 11.8 Å². The average molecular weight is 520 g/mol. The quantitative estimate of drug-likeness (QED) is 0.114. The number of carbonyl (C=O) groups excluding carboxylic acids is 4. The van der Waals surface area contributed by atoms with Gasteiger partial charge in [0.2, 0.25) is 23.6 Å². The van der Waals surface area contributed by atoms with Gasteiger partial charge < -0.3 is 37.6 Å². The van der Waals surface area contributed by atoms with Crippen LogP contribution < -0.4 is 27.4 Å². The van der Waals surface area contributed by atoms with Crippen molar-refractivity contribution in [2.45, 2.75) is 76.5 Å². The molecule has 0 saturated heterocycles. The van der Waals surface area contributed by atoms with E-state index in [9.17, 15) is 33.9 Å². The van der Waals surface area contributed by atoms with E-state index in [4.69, 9.17) is 16.6 Å². The van der Waals surface area contributed by atoms with E-state index in [1.165, 1.54) is 11.8 Å². The van der Waals surface area contributed by atoms with E-state index >= 15 is 0 Å². The topological polar surface area (TPSA) is 231 Å². The first-order chi connectivity index (χ1) is 16.3. The number of carbonyl (C=O) groups is 6. The van der Waals surface area contributed by atoms with Crippen molar-refractivity contribution < 1.29 is 39.0 Å². The van der Waals surface area contributed by atoms with Crippen molar-refractivity contribution in [3.63, 3.8) is 0 Å². The van der Waals surface area contributed by atoms with Crippen molar-refractivity contribution in [2.75, 3.05) is 12.0 Å². The van der Waals surface area contributed by atoms with Crippen LogP contribution in [0.25, 0.3) is 0 Å². The highest BCUT2D eigenvalue weighted by Crippen LogP contribution is 2.09. The molecule has 0 spiro atoms. The Bertz CT molecular complexity index is 764. The molecule has 0 radical (unpaired) electrons. The number of thioether (sulfide) groups is 1. The summed E-state index contributed by atoms with van der Waals surface area (Å²) in [6.45, 7) is 3.62. The Labute approximate surface area is 208 Å². The molecule has 14 heteroatoms. The van der Waals surface area contributed by atoms with E-state index in [2.05, 4.69) is 16.0 Å². The van der Waals surface area contributed by atoms with Gasteiger partial charge in [-0.1, -0.05) is 13.8 Å². The number of rotatable bonds is 18. The van der Waals surface area contributed by atoms with Crippen LogP contribution in [0, 0.1) is 5.92 Å². The molecule has 13 nitrogen and oxygen atoms in total. The number of hydrogen-bond acceptors (Lipinski definition) is 8. The maximum atomic E-state index is 13.0. The van der Waals surface area contributed by atoms with Crippen molar-refractivity contribution in [1.82, 2.24) is 16.0 Å². The normalized spacial score (nSPS) is 14.3. The first-order valence-electron chi connectivity index (χ1n) is 11.2. The summed E-state index contributed by atoms with van der Waals surface area (Å²) in [5.74, 6) is -4.91. The summed E-state index contributed by atoms with van der Waals surface area (Å²) >= 11 is 1.42. The number of carboxylic acid groups (broad SMARTS) is 2. The number of nitrogens with two attached hydrogens (primary N) is 2. The van der Waals surface area contributed by atoms with Gasteiger partial charge in [-0.25, -0.2) is 4.79 Å². The molecule has 4 unspecified atom stereocenters. The number of nitrogens with one attached hydrogen (secondary N) is 3. The molecule has 0 rings (SSSR count). The Balaban J connectivity index is 5.51. The zero-order chi connectivity index (χ0) is 27.1. The summed E-state index contributed by atoms with van der Waals surface area (Å²) in [5.41, 5.74) is 10.8. The van der Waals surface area contributed by atoms with E-state index in [1.807, 2.05) is 13.8 Å². The minimum absolute atomic E-state index is 0.0522. The fraction of sp³-hybridized carbons (Fsp3) is 0.714. The molecule has 0 aromatic carbocycles. The molecule has 9 N–H and O–H groups in total. The molecule has 0 fully saturated rings. The van der Waals surface area contributed by atoms with Gasteiger partial charge in [0.15, 0.2) is 0 Å². The van der Waals surface area contributed by atoms with Gasteiger partial charge in [0.05, 0.1) is 6.04 Å². The fourth-order valence-corrected chi connectivity index (χ4v) is 3.46. The Kier molecular flexibility index (Phi) is 15.3. The minimum Gasteiger partial charge on any atom is -0.481 e. The summed E-state index contributed by atoms with van der Waals surface area (Å²) in [4.78, 5) is 71.6. The van der Waals surface area contributed by atoms with Gasteiger partial charge in [-0.3, -0.25) is 24.0 Å². The summed E-state index contributed by atoms with van der Waals surface area (Å²) < 4.78 is 0. The Morgan fingerprint density at radius 3 is 1.83 bits per heavy atom. The van der Waals surface area contributed by atoms with E-state index in [0.29, 0.717) is 5.75 Å². The predicted octanol–water partition coefficient (Wildman–Crippen LogP) is -1.22. The zero-order valence-corrected chi connectivity index (χ0v) is 21.1. The molecular formula is C21H37N5O8S. The number of carboxylic acids is 2. The van der Waals surface area contributed by atoms with Crippen molar-refractivity contribution in [1.29, 1.82) is 0 Å². The second kappa shape index (κ2) is 16.7. The van der Waals surface area contributed by atoms with Gasteiger partial charge in [0.1, 0.15) is 18.1 Å². The maximum Gasteiger partial charge on any atom is 0.326 e. The molecule has 0 aliphatic carbocycles. The van der Waals surface area contributed by atoms with E-state index < -0.39 is 59.7 Å². The van der Waals surface area contributed by atoms with Crippen LogP contribution in [0.2, 0.25) is 0 Å². The van der Waals surface area contributed by atoms with Gasteiger partial charge in [0.25, 0.3) is 0 Å². The molecule has 0 bridgehead atoms. The van der Waals surface area contributed by atoms with Crippen molar-refractivity contribution in [3.8, 4) is 0 Å². The number of hydrogen-bond donors (Lipinski definition) is 7. The van der Waals surface area contributed by atoms with Crippen LogP contribution in [0.3, 0.4) is 0 Å². The van der Waals surface area contributed by atoms with Crippen LogP contribution in [0.5, 0.6) is 0 Å². The van der Waals surface area contributed by atoms with Crippen molar-refractivity contribution in [2.24, 2.45) is 17.4 Å². The summed E-state index contributed by atoms with van der Waals surface area (Å²) in [6, 6.07) is -4.73. The fourth-order valence-electron chi connectivity index (χ4n) is 2.98. The number of aliphatic carboxylic acids is 2. The van der Waals surface area contributed by atoms with Gasteiger partial charge in [0, 0.05) is 12.8 Å². The highest BCUT2D eigenvalue weighted by Gasteiger charge is 2.30. The molecule has 0 heterocycles. The second-order valence-corrected chi connectivity index (χ2v) is 9.46. The zero-order valence-electron chi connectivity index (χ0n) is 20.2. The van der Waals surface area contributed by atoms with Crippen molar-refractivity contribution >= 4 is 47.3 Å². The standard InChI is InChI=1S/C21H37N5O8S/c1-11(2)10-15(20(32)25-14(21(33)34)8-9-35-3)26-19(31)13(5-6-16(23)27)24-18(30)12(22)4-7-17(28)29/h11-15H,4-10,22H2,1-3H3,(H2,23,27)(H,24,30)(H,25,32)(H,26,31)(H,28,29)(H,33,34). The highest BCUT2D eigenvalue weighted by atomic mass is 32.2. The molecule has 0 aromatic rings. The Morgan fingerprint density at radius 2 is 1.34 bits per heavy atom. The largest absolute Gasteiger partial charge is 0.481 e. The van der Waals surface area contributed by atoms with Crippen LogP contribution in [0.1, 0.15) is 52.4 Å². The number of primary amides is 1. The molecule has 4 amide bonds. The van der Waals surface area contributed by atoms with E-state index in [-0.39, 0.29) is 44.4 Å². The predicted molar refractivity (Wildman–Crippen MR) is 129 cm³/mol. The third kappa shape index (κ3) is 14.2. The van der Waals surface area contributed by atoms with E-state index in [1.54, 1.807) is 6.26 Å². The Morgan fingerprint density at radius 1 is 0.800 bits per heavy atom. The summed E-state index contributed by atoms with van der Waals surface area (Å²) in [7, 11) is 0. The molecule has 0 aliphatic rings. The summed E-state index contributed by atoms with van der Waals surface area (Å²) in [5, 5.41) is 25.5. The van der Waals surface area contributed by atoms with E-state index in [0.717, 1.165) is 0 Å². The molecule has 200 valence electrons. The van der Waals surface area contributed by atoms with Crippen LogP contribution in [-0.4, -0.2) is 82.0 Å². The third-order valence-electron chi connectivity index (χ3n) is 4.88. The van der Waals surface area contributed by atoms with Crippen LogP contribution in [-0.2, 0) is 28.8 Å². The number of amides is 4. The van der Waals surface area contributed by atoms with Gasteiger partial charge in [-0.15, -0.1) is 0 Å². The lowest BCUT2D eigenvalue weighted by atomic mass is 10.0. The lowest BCUT2D eigenvalue weighted by Gasteiger charge is -2.26. The minimum atomic E-state index is -1.28. The highest BCUT2D eigenvalue weighted by molar-refractivity contribution is 7.98. The third-order valence-corrected chi connectivity index (χ3v) is 5.53. The summed E-state index contributed by atoms with van der Waals surface area (Å²) in [6.07, 6.45) is 1.22.